The third-order valence-electron chi connectivity index (χ3n) is 4.14. The van der Waals surface area contributed by atoms with Crippen molar-refractivity contribution in [1.29, 1.82) is 0 Å². The van der Waals surface area contributed by atoms with Crippen LogP contribution in [-0.2, 0) is 0 Å². The summed E-state index contributed by atoms with van der Waals surface area (Å²) in [5, 5.41) is 5.17. The second-order valence-electron chi connectivity index (χ2n) is 5.86. The zero-order valence-electron chi connectivity index (χ0n) is 14.6. The van der Waals surface area contributed by atoms with Crippen molar-refractivity contribution in [2.75, 3.05) is 19.5 Å². The van der Waals surface area contributed by atoms with Gasteiger partial charge in [-0.2, -0.15) is 0 Å². The molecule has 2 aromatic carbocycles. The lowest BCUT2D eigenvalue weighted by molar-refractivity contribution is 0.103. The van der Waals surface area contributed by atoms with E-state index in [1.165, 1.54) is 11.3 Å². The lowest BCUT2D eigenvalue weighted by atomic mass is 10.2. The fraction of sp³-hybridized carbons (Fsp3) is 0.100. The number of carbonyl (C=O) groups is 1. The molecule has 1 N–H and O–H groups in total. The van der Waals surface area contributed by atoms with Crippen LogP contribution in [-0.4, -0.2) is 25.1 Å². The number of ether oxygens (including phenoxy) is 2. The molecule has 0 unspecified atom stereocenters. The number of halogens is 1. The second kappa shape index (κ2) is 7.06. The molecule has 5 nitrogen and oxygen atoms in total. The Hall–Kier alpha value is -2.83. The van der Waals surface area contributed by atoms with Gasteiger partial charge in [-0.15, -0.1) is 11.3 Å². The molecule has 0 aliphatic carbocycles. The Morgan fingerprint density at radius 1 is 1.04 bits per heavy atom. The van der Waals surface area contributed by atoms with Crippen molar-refractivity contribution < 1.29 is 14.3 Å². The highest BCUT2D eigenvalue weighted by atomic mass is 35.5. The summed E-state index contributed by atoms with van der Waals surface area (Å²) in [5.74, 6) is 1.12. The van der Waals surface area contributed by atoms with E-state index in [1.807, 2.05) is 30.3 Å². The van der Waals surface area contributed by atoms with Gasteiger partial charge in [0.2, 0.25) is 0 Å². The first kappa shape index (κ1) is 17.6. The average Bonchev–Trinajstić information content (AvgIpc) is 3.08. The summed E-state index contributed by atoms with van der Waals surface area (Å²) in [4.78, 5) is 18.7. The van der Waals surface area contributed by atoms with Crippen LogP contribution < -0.4 is 14.8 Å². The summed E-state index contributed by atoms with van der Waals surface area (Å²) in [6.45, 7) is 0. The molecular weight excluding hydrogens is 384 g/mol. The molecule has 1 amide bonds. The van der Waals surface area contributed by atoms with Crippen molar-refractivity contribution in [2.24, 2.45) is 0 Å². The van der Waals surface area contributed by atoms with Crippen LogP contribution in [0, 0.1) is 0 Å². The molecule has 0 saturated carbocycles. The molecule has 0 atom stereocenters. The number of nitrogens with one attached hydrogen (secondary N) is 1. The standard InChI is InChI=1S/C20H15ClN2O3S/c1-25-14-4-5-16-11(8-14)7-12-9-18(27-20(12)23-16)19(24)22-13-3-6-17(26-2)15(21)10-13/h3-10H,1-2H3,(H,22,24). The van der Waals surface area contributed by atoms with Crippen molar-refractivity contribution in [3.8, 4) is 11.5 Å². The third-order valence-corrected chi connectivity index (χ3v) is 5.48. The van der Waals surface area contributed by atoms with Gasteiger partial charge in [-0.25, -0.2) is 4.98 Å². The highest BCUT2D eigenvalue weighted by molar-refractivity contribution is 7.20. The minimum atomic E-state index is -0.208. The van der Waals surface area contributed by atoms with Gasteiger partial charge in [0.25, 0.3) is 5.91 Å². The van der Waals surface area contributed by atoms with Gasteiger partial charge in [0.1, 0.15) is 16.3 Å². The van der Waals surface area contributed by atoms with E-state index in [-0.39, 0.29) is 5.91 Å². The van der Waals surface area contributed by atoms with E-state index in [0.29, 0.717) is 21.3 Å². The second-order valence-corrected chi connectivity index (χ2v) is 7.29. The van der Waals surface area contributed by atoms with Crippen molar-refractivity contribution >= 4 is 55.7 Å². The molecule has 27 heavy (non-hydrogen) atoms. The van der Waals surface area contributed by atoms with Crippen LogP contribution in [0.4, 0.5) is 5.69 Å². The monoisotopic (exact) mass is 398 g/mol. The normalized spacial score (nSPS) is 10.9. The molecule has 4 rings (SSSR count). The first-order valence-corrected chi connectivity index (χ1v) is 9.30. The number of hydrogen-bond acceptors (Lipinski definition) is 5. The van der Waals surface area contributed by atoms with Crippen LogP contribution in [0.3, 0.4) is 0 Å². The van der Waals surface area contributed by atoms with Crippen molar-refractivity contribution in [3.63, 3.8) is 0 Å². The van der Waals surface area contributed by atoms with E-state index >= 15 is 0 Å². The topological polar surface area (TPSA) is 60.5 Å². The lowest BCUT2D eigenvalue weighted by Crippen LogP contribution is -2.09. The molecule has 0 bridgehead atoms. The third kappa shape index (κ3) is 3.41. The molecule has 0 spiro atoms. The van der Waals surface area contributed by atoms with Crippen molar-refractivity contribution in [3.05, 3.63) is 58.4 Å². The molecule has 7 heteroatoms. The molecular formula is C20H15ClN2O3S. The van der Waals surface area contributed by atoms with Gasteiger partial charge in [-0.1, -0.05) is 11.6 Å². The number of pyridine rings is 1. The van der Waals surface area contributed by atoms with Crippen LogP contribution in [0.1, 0.15) is 9.67 Å². The smallest absolute Gasteiger partial charge is 0.265 e. The molecule has 2 heterocycles. The Labute approximate surface area is 164 Å². The van der Waals surface area contributed by atoms with Gasteiger partial charge in [0, 0.05) is 16.5 Å². The molecule has 4 aromatic rings. The van der Waals surface area contributed by atoms with Crippen LogP contribution >= 0.6 is 22.9 Å². The number of amides is 1. The number of benzene rings is 2. The number of anilines is 1. The number of fused-ring (bicyclic) bond motifs is 2. The highest BCUT2D eigenvalue weighted by Crippen LogP contribution is 2.31. The molecule has 2 aromatic heterocycles. The zero-order valence-corrected chi connectivity index (χ0v) is 16.1. The lowest BCUT2D eigenvalue weighted by Gasteiger charge is -2.07. The average molecular weight is 399 g/mol. The Morgan fingerprint density at radius 3 is 2.63 bits per heavy atom. The number of nitrogens with zero attached hydrogens (tertiary/aromatic N) is 1. The quantitative estimate of drug-likeness (QED) is 0.501. The van der Waals surface area contributed by atoms with Gasteiger partial charge in [0.05, 0.1) is 29.6 Å². The summed E-state index contributed by atoms with van der Waals surface area (Å²) in [7, 11) is 3.18. The fourth-order valence-electron chi connectivity index (χ4n) is 2.79. The number of thiophene rings is 1. The molecule has 0 radical (unpaired) electrons. The predicted octanol–water partition coefficient (Wildman–Crippen LogP) is 5.37. The summed E-state index contributed by atoms with van der Waals surface area (Å²) in [6, 6.07) is 14.7. The first-order valence-electron chi connectivity index (χ1n) is 8.10. The molecule has 0 fully saturated rings. The number of aromatic nitrogens is 1. The maximum Gasteiger partial charge on any atom is 0.265 e. The summed E-state index contributed by atoms with van der Waals surface area (Å²) >= 11 is 7.46. The predicted molar refractivity (Wildman–Crippen MR) is 110 cm³/mol. The van der Waals surface area contributed by atoms with E-state index in [9.17, 15) is 4.79 Å². The fourth-order valence-corrected chi connectivity index (χ4v) is 3.96. The van der Waals surface area contributed by atoms with Gasteiger partial charge in [-0.3, -0.25) is 4.79 Å². The summed E-state index contributed by atoms with van der Waals surface area (Å²) < 4.78 is 10.4. The zero-order chi connectivity index (χ0) is 19.0. The van der Waals surface area contributed by atoms with Gasteiger partial charge in [0.15, 0.2) is 0 Å². The number of rotatable bonds is 4. The van der Waals surface area contributed by atoms with Gasteiger partial charge < -0.3 is 14.8 Å². The number of carbonyl (C=O) groups excluding carboxylic acids is 1. The molecule has 0 saturated heterocycles. The van der Waals surface area contributed by atoms with Crippen LogP contribution in [0.2, 0.25) is 5.02 Å². The highest BCUT2D eigenvalue weighted by Gasteiger charge is 2.13. The minimum absolute atomic E-state index is 0.208. The Balaban J connectivity index is 1.65. The Kier molecular flexibility index (Phi) is 4.59. The van der Waals surface area contributed by atoms with Crippen LogP contribution in [0.5, 0.6) is 11.5 Å². The van der Waals surface area contributed by atoms with E-state index in [2.05, 4.69) is 10.3 Å². The largest absolute Gasteiger partial charge is 0.497 e. The summed E-state index contributed by atoms with van der Waals surface area (Å²) in [5.41, 5.74) is 1.46. The molecule has 136 valence electrons. The maximum atomic E-state index is 12.6. The van der Waals surface area contributed by atoms with E-state index in [1.54, 1.807) is 32.4 Å². The van der Waals surface area contributed by atoms with Gasteiger partial charge >= 0.3 is 0 Å². The Morgan fingerprint density at radius 2 is 1.89 bits per heavy atom. The first-order chi connectivity index (χ1) is 13.1. The van der Waals surface area contributed by atoms with Crippen molar-refractivity contribution in [1.82, 2.24) is 4.98 Å². The minimum Gasteiger partial charge on any atom is -0.497 e. The van der Waals surface area contributed by atoms with E-state index in [4.69, 9.17) is 21.1 Å². The van der Waals surface area contributed by atoms with E-state index < -0.39 is 0 Å². The number of methoxy groups -OCH3 is 2. The van der Waals surface area contributed by atoms with E-state index in [0.717, 1.165) is 26.9 Å². The molecule has 0 aliphatic rings. The maximum absolute atomic E-state index is 12.6. The van der Waals surface area contributed by atoms with Crippen LogP contribution in [0.25, 0.3) is 21.1 Å². The summed E-state index contributed by atoms with van der Waals surface area (Å²) in [6.07, 6.45) is 0. The SMILES string of the molecule is COc1ccc2nc3sc(C(=O)Nc4ccc(OC)c(Cl)c4)cc3cc2c1. The molecule has 0 aliphatic heterocycles. The number of hydrogen-bond donors (Lipinski definition) is 1. The van der Waals surface area contributed by atoms with Crippen LogP contribution in [0.15, 0.2) is 48.5 Å². The Bertz CT molecular complexity index is 1170. The van der Waals surface area contributed by atoms with Gasteiger partial charge in [-0.05, 0) is 48.5 Å². The van der Waals surface area contributed by atoms with Crippen molar-refractivity contribution in [2.45, 2.75) is 0 Å².